The van der Waals surface area contributed by atoms with E-state index in [9.17, 15) is 4.79 Å². The summed E-state index contributed by atoms with van der Waals surface area (Å²) in [4.78, 5) is 22.8. The molecule has 1 amide bonds. The second-order valence-electron chi connectivity index (χ2n) is 6.09. The first-order valence-corrected chi connectivity index (χ1v) is 10.2. The third kappa shape index (κ3) is 4.26. The highest BCUT2D eigenvalue weighted by Crippen LogP contribution is 2.20. The average Bonchev–Trinajstić information content (AvgIpc) is 3.31. The van der Waals surface area contributed by atoms with Crippen molar-refractivity contribution in [3.63, 3.8) is 0 Å². The van der Waals surface area contributed by atoms with Crippen molar-refractivity contribution in [3.8, 4) is 0 Å². The first kappa shape index (κ1) is 17.9. The van der Waals surface area contributed by atoms with Crippen LogP contribution in [0.4, 0.5) is 5.69 Å². The number of carbonyl (C=O) groups excluding carboxylic acids is 1. The number of halogens is 1. The smallest absolute Gasteiger partial charge is 0.224 e. The predicted octanol–water partition coefficient (Wildman–Crippen LogP) is 4.87. The van der Waals surface area contributed by atoms with Crippen LogP contribution in [0.2, 0.25) is 0 Å². The molecular formula is C20H17BrN4OS. The standard InChI is InChI=1S/C20H17BrN4OS/c21-14-5-7-15(8-6-14)23-19(26)10-9-18-24-17-4-1-11-22-20(17)25(18)13-16-3-2-12-27-16/h1-8,11-12H,9-10,13H2,(H,23,26). The highest BCUT2D eigenvalue weighted by Gasteiger charge is 2.14. The maximum Gasteiger partial charge on any atom is 0.224 e. The molecule has 0 atom stereocenters. The molecule has 3 heterocycles. The van der Waals surface area contributed by atoms with Gasteiger partial charge in [-0.2, -0.15) is 0 Å². The van der Waals surface area contributed by atoms with Crippen LogP contribution in [0.25, 0.3) is 11.2 Å². The summed E-state index contributed by atoms with van der Waals surface area (Å²) in [6.45, 7) is 0.717. The molecule has 4 rings (SSSR count). The molecule has 0 aliphatic rings. The van der Waals surface area contributed by atoms with Crippen molar-refractivity contribution in [3.05, 3.63) is 75.3 Å². The number of nitrogens with zero attached hydrogens (tertiary/aromatic N) is 3. The van der Waals surface area contributed by atoms with Crippen molar-refractivity contribution in [2.45, 2.75) is 19.4 Å². The molecule has 3 aromatic heterocycles. The largest absolute Gasteiger partial charge is 0.326 e. The number of pyridine rings is 1. The highest BCUT2D eigenvalue weighted by atomic mass is 79.9. The summed E-state index contributed by atoms with van der Waals surface area (Å²) in [6.07, 6.45) is 2.70. The van der Waals surface area contributed by atoms with E-state index in [1.165, 1.54) is 4.88 Å². The van der Waals surface area contributed by atoms with Gasteiger partial charge in [-0.25, -0.2) is 9.97 Å². The van der Waals surface area contributed by atoms with Crippen molar-refractivity contribution >= 4 is 50.0 Å². The van der Waals surface area contributed by atoms with Crippen LogP contribution in [0.3, 0.4) is 0 Å². The lowest BCUT2D eigenvalue weighted by molar-refractivity contribution is -0.116. The number of aryl methyl sites for hydroxylation is 1. The van der Waals surface area contributed by atoms with Crippen LogP contribution in [-0.4, -0.2) is 20.4 Å². The summed E-state index contributed by atoms with van der Waals surface area (Å²) >= 11 is 5.10. The highest BCUT2D eigenvalue weighted by molar-refractivity contribution is 9.10. The van der Waals surface area contributed by atoms with Gasteiger partial charge in [0.05, 0.1) is 6.54 Å². The number of hydrogen-bond donors (Lipinski definition) is 1. The normalized spacial score (nSPS) is 11.0. The molecule has 0 aliphatic heterocycles. The second-order valence-corrected chi connectivity index (χ2v) is 8.04. The molecule has 0 radical (unpaired) electrons. The molecule has 0 fully saturated rings. The topological polar surface area (TPSA) is 59.8 Å². The van der Waals surface area contributed by atoms with E-state index in [2.05, 4.69) is 42.2 Å². The molecule has 0 saturated carbocycles. The van der Waals surface area contributed by atoms with Crippen molar-refractivity contribution in [1.29, 1.82) is 0 Å². The molecule has 1 N–H and O–H groups in total. The fourth-order valence-corrected chi connectivity index (χ4v) is 3.86. The Bertz CT molecular complexity index is 1060. The lowest BCUT2D eigenvalue weighted by Crippen LogP contribution is -2.14. The molecular weight excluding hydrogens is 424 g/mol. The van der Waals surface area contributed by atoms with E-state index < -0.39 is 0 Å². The van der Waals surface area contributed by atoms with Gasteiger partial charge in [-0.3, -0.25) is 4.79 Å². The number of thiophene rings is 1. The summed E-state index contributed by atoms with van der Waals surface area (Å²) in [6, 6.07) is 15.5. The van der Waals surface area contributed by atoms with Gasteiger partial charge in [0, 0.05) is 34.1 Å². The molecule has 136 valence electrons. The van der Waals surface area contributed by atoms with Gasteiger partial charge in [-0.15, -0.1) is 11.3 Å². The molecule has 0 unspecified atom stereocenters. The van der Waals surface area contributed by atoms with Gasteiger partial charge in [0.25, 0.3) is 0 Å². The molecule has 1 aromatic carbocycles. The maximum atomic E-state index is 12.3. The Labute approximate surface area is 169 Å². The van der Waals surface area contributed by atoms with E-state index in [1.807, 2.05) is 42.5 Å². The number of benzene rings is 1. The Balaban J connectivity index is 1.51. The molecule has 0 bridgehead atoms. The first-order valence-electron chi connectivity index (χ1n) is 8.57. The average molecular weight is 441 g/mol. The van der Waals surface area contributed by atoms with Crippen LogP contribution >= 0.6 is 27.3 Å². The molecule has 4 aromatic rings. The van der Waals surface area contributed by atoms with Gasteiger partial charge in [0.1, 0.15) is 11.3 Å². The Morgan fingerprint density at radius 3 is 2.78 bits per heavy atom. The molecule has 27 heavy (non-hydrogen) atoms. The SMILES string of the molecule is O=C(CCc1nc2cccnc2n1Cc1cccs1)Nc1ccc(Br)cc1. The third-order valence-electron chi connectivity index (χ3n) is 4.18. The Kier molecular flexibility index (Phi) is 5.31. The number of hydrogen-bond acceptors (Lipinski definition) is 4. The van der Waals surface area contributed by atoms with Gasteiger partial charge >= 0.3 is 0 Å². The van der Waals surface area contributed by atoms with Crippen LogP contribution in [-0.2, 0) is 17.8 Å². The minimum absolute atomic E-state index is 0.0278. The molecule has 0 spiro atoms. The first-order chi connectivity index (χ1) is 13.2. The zero-order valence-electron chi connectivity index (χ0n) is 14.4. The summed E-state index contributed by atoms with van der Waals surface area (Å²) in [5.41, 5.74) is 2.50. The fourth-order valence-electron chi connectivity index (χ4n) is 2.90. The number of anilines is 1. The van der Waals surface area contributed by atoms with Gasteiger partial charge in [-0.05, 0) is 47.8 Å². The quantitative estimate of drug-likeness (QED) is 0.464. The monoisotopic (exact) mass is 440 g/mol. The van der Waals surface area contributed by atoms with E-state index >= 15 is 0 Å². The molecule has 7 heteroatoms. The molecule has 0 aliphatic carbocycles. The molecule has 0 saturated heterocycles. The Hall–Kier alpha value is -2.51. The number of fused-ring (bicyclic) bond motifs is 1. The van der Waals surface area contributed by atoms with Crippen LogP contribution < -0.4 is 5.32 Å². The van der Waals surface area contributed by atoms with Gasteiger partial charge in [-0.1, -0.05) is 22.0 Å². The van der Waals surface area contributed by atoms with Crippen LogP contribution in [0.1, 0.15) is 17.1 Å². The zero-order chi connectivity index (χ0) is 18.6. The maximum absolute atomic E-state index is 12.3. The van der Waals surface area contributed by atoms with Crippen molar-refractivity contribution in [1.82, 2.24) is 14.5 Å². The summed E-state index contributed by atoms with van der Waals surface area (Å²) in [7, 11) is 0. The summed E-state index contributed by atoms with van der Waals surface area (Å²) in [5, 5.41) is 4.99. The van der Waals surface area contributed by atoms with Crippen LogP contribution in [0, 0.1) is 0 Å². The Morgan fingerprint density at radius 2 is 2.00 bits per heavy atom. The van der Waals surface area contributed by atoms with Crippen molar-refractivity contribution in [2.75, 3.05) is 5.32 Å². The number of nitrogens with one attached hydrogen (secondary N) is 1. The minimum atomic E-state index is -0.0278. The van der Waals surface area contributed by atoms with Crippen molar-refractivity contribution < 1.29 is 4.79 Å². The van der Waals surface area contributed by atoms with Crippen molar-refractivity contribution in [2.24, 2.45) is 0 Å². The van der Waals surface area contributed by atoms with Gasteiger partial charge in [0.15, 0.2) is 5.65 Å². The van der Waals surface area contributed by atoms with Crippen LogP contribution in [0.5, 0.6) is 0 Å². The Morgan fingerprint density at radius 1 is 1.15 bits per heavy atom. The van der Waals surface area contributed by atoms with E-state index in [1.54, 1.807) is 17.5 Å². The fraction of sp³-hybridized carbons (Fsp3) is 0.150. The van der Waals surface area contributed by atoms with E-state index in [4.69, 9.17) is 4.98 Å². The summed E-state index contributed by atoms with van der Waals surface area (Å²) < 4.78 is 3.09. The number of amides is 1. The molecule has 5 nitrogen and oxygen atoms in total. The van der Waals surface area contributed by atoms with Crippen LogP contribution in [0.15, 0.2) is 64.6 Å². The van der Waals surface area contributed by atoms with E-state index in [0.717, 1.165) is 33.7 Å². The number of imidazole rings is 1. The van der Waals surface area contributed by atoms with Gasteiger partial charge < -0.3 is 9.88 Å². The number of carbonyl (C=O) groups is 1. The minimum Gasteiger partial charge on any atom is -0.326 e. The number of rotatable bonds is 6. The summed E-state index contributed by atoms with van der Waals surface area (Å²) in [5.74, 6) is 0.850. The zero-order valence-corrected chi connectivity index (χ0v) is 16.8. The lowest BCUT2D eigenvalue weighted by Gasteiger charge is -2.08. The van der Waals surface area contributed by atoms with E-state index in [-0.39, 0.29) is 5.91 Å². The number of aromatic nitrogens is 3. The lowest BCUT2D eigenvalue weighted by atomic mass is 10.2. The van der Waals surface area contributed by atoms with Gasteiger partial charge in [0.2, 0.25) is 5.91 Å². The second kappa shape index (κ2) is 8.02. The predicted molar refractivity (Wildman–Crippen MR) is 112 cm³/mol. The van der Waals surface area contributed by atoms with E-state index in [0.29, 0.717) is 12.8 Å². The third-order valence-corrected chi connectivity index (χ3v) is 5.57.